The Morgan fingerprint density at radius 2 is 2.10 bits per heavy atom. The molecule has 0 atom stereocenters. The van der Waals surface area contributed by atoms with E-state index in [-0.39, 0.29) is 16.3 Å². The Morgan fingerprint density at radius 3 is 2.60 bits per heavy atom. The molecule has 110 valence electrons. The van der Waals surface area contributed by atoms with Crippen LogP contribution in [0.3, 0.4) is 0 Å². The Kier molecular flexibility index (Phi) is 4.24. The monoisotopic (exact) mass is 299 g/mol. The fourth-order valence-electron chi connectivity index (χ4n) is 2.05. The van der Waals surface area contributed by atoms with Crippen LogP contribution in [0.4, 0.5) is 11.4 Å². The first kappa shape index (κ1) is 14.7. The minimum atomic E-state index is -3.62. The predicted octanol–water partition coefficient (Wildman–Crippen LogP) is 1.71. The summed E-state index contributed by atoms with van der Waals surface area (Å²) in [6.45, 7) is 0.425. The Hall–Kier alpha value is -1.67. The zero-order valence-electron chi connectivity index (χ0n) is 11.1. The molecule has 2 rings (SSSR count). The Bertz CT molecular complexity index is 611. The number of nitro benzene ring substituents is 1. The molecule has 1 aromatic rings. The van der Waals surface area contributed by atoms with E-state index >= 15 is 0 Å². The number of hydrogen-bond donors (Lipinski definition) is 2. The van der Waals surface area contributed by atoms with Crippen molar-refractivity contribution in [2.75, 3.05) is 18.9 Å². The van der Waals surface area contributed by atoms with Gasteiger partial charge in [0.1, 0.15) is 5.69 Å². The number of nitrogens with zero attached hydrogens (tertiary/aromatic N) is 1. The van der Waals surface area contributed by atoms with E-state index in [2.05, 4.69) is 10.0 Å². The van der Waals surface area contributed by atoms with Gasteiger partial charge in [0.25, 0.3) is 5.69 Å². The van der Waals surface area contributed by atoms with Crippen LogP contribution in [0, 0.1) is 16.0 Å². The first-order valence-corrected chi connectivity index (χ1v) is 7.88. The molecule has 7 nitrogen and oxygen atoms in total. The number of rotatable bonds is 6. The highest BCUT2D eigenvalue weighted by atomic mass is 32.2. The topological polar surface area (TPSA) is 101 Å². The van der Waals surface area contributed by atoms with E-state index in [9.17, 15) is 18.5 Å². The van der Waals surface area contributed by atoms with Crippen molar-refractivity contribution in [3.05, 3.63) is 28.3 Å². The van der Waals surface area contributed by atoms with Gasteiger partial charge in [0.2, 0.25) is 10.0 Å². The number of sulfonamides is 1. The van der Waals surface area contributed by atoms with Crippen LogP contribution < -0.4 is 10.0 Å². The van der Waals surface area contributed by atoms with Crippen molar-refractivity contribution in [3.63, 3.8) is 0 Å². The van der Waals surface area contributed by atoms with Crippen molar-refractivity contribution in [3.8, 4) is 0 Å². The number of nitro groups is 1. The van der Waals surface area contributed by atoms with E-state index in [0.717, 1.165) is 19.3 Å². The summed E-state index contributed by atoms with van der Waals surface area (Å²) >= 11 is 0. The van der Waals surface area contributed by atoms with Gasteiger partial charge in [-0.15, -0.1) is 0 Å². The Labute approximate surface area is 117 Å². The molecule has 8 heteroatoms. The highest BCUT2D eigenvalue weighted by Gasteiger charge is 2.23. The summed E-state index contributed by atoms with van der Waals surface area (Å²) in [7, 11) is -2.10. The SMILES string of the molecule is CNc1cc(S(=O)(=O)NCC2CCC2)ccc1[N+](=O)[O-]. The van der Waals surface area contributed by atoms with Gasteiger partial charge in [-0.3, -0.25) is 10.1 Å². The standard InChI is InChI=1S/C12H17N3O4S/c1-13-11-7-10(5-6-12(11)15(16)17)20(18,19)14-8-9-3-2-4-9/h5-7,9,13-14H,2-4,8H2,1H3. The minimum Gasteiger partial charge on any atom is -0.383 e. The summed E-state index contributed by atoms with van der Waals surface area (Å²) in [5.41, 5.74) is 0.0342. The summed E-state index contributed by atoms with van der Waals surface area (Å²) in [6.07, 6.45) is 3.24. The van der Waals surface area contributed by atoms with Crippen LogP contribution in [-0.4, -0.2) is 26.9 Å². The first-order valence-electron chi connectivity index (χ1n) is 6.40. The van der Waals surface area contributed by atoms with Gasteiger partial charge in [0.15, 0.2) is 0 Å². The largest absolute Gasteiger partial charge is 0.383 e. The molecule has 0 spiro atoms. The molecule has 0 aromatic heterocycles. The molecule has 2 N–H and O–H groups in total. The van der Waals surface area contributed by atoms with Crippen LogP contribution in [-0.2, 0) is 10.0 Å². The average Bonchev–Trinajstić information content (AvgIpc) is 2.35. The van der Waals surface area contributed by atoms with Crippen LogP contribution in [0.15, 0.2) is 23.1 Å². The van der Waals surface area contributed by atoms with Crippen LogP contribution in [0.5, 0.6) is 0 Å². The fraction of sp³-hybridized carbons (Fsp3) is 0.500. The molecule has 0 unspecified atom stereocenters. The lowest BCUT2D eigenvalue weighted by molar-refractivity contribution is -0.384. The molecule has 0 amide bonds. The molecule has 1 saturated carbocycles. The van der Waals surface area contributed by atoms with Crippen LogP contribution in [0.1, 0.15) is 19.3 Å². The molecule has 1 aliphatic rings. The maximum Gasteiger partial charge on any atom is 0.292 e. The molecule has 0 bridgehead atoms. The van der Waals surface area contributed by atoms with Gasteiger partial charge < -0.3 is 5.32 Å². The highest BCUT2D eigenvalue weighted by Crippen LogP contribution is 2.28. The second kappa shape index (κ2) is 5.76. The van der Waals surface area contributed by atoms with Crippen LogP contribution >= 0.6 is 0 Å². The van der Waals surface area contributed by atoms with E-state index < -0.39 is 14.9 Å². The van der Waals surface area contributed by atoms with Crippen molar-refractivity contribution in [2.45, 2.75) is 24.2 Å². The van der Waals surface area contributed by atoms with Gasteiger partial charge in [-0.1, -0.05) is 6.42 Å². The summed E-state index contributed by atoms with van der Waals surface area (Å²) in [6, 6.07) is 3.73. The molecule has 0 saturated heterocycles. The molecular formula is C12H17N3O4S. The summed E-state index contributed by atoms with van der Waals surface area (Å²) in [5, 5.41) is 13.4. The Balaban J connectivity index is 2.20. The number of anilines is 1. The van der Waals surface area contributed by atoms with Gasteiger partial charge >= 0.3 is 0 Å². The number of benzene rings is 1. The Morgan fingerprint density at radius 1 is 1.40 bits per heavy atom. The van der Waals surface area contributed by atoms with Crippen molar-refractivity contribution in [1.29, 1.82) is 0 Å². The second-order valence-corrected chi connectivity index (χ2v) is 6.60. The van der Waals surface area contributed by atoms with Gasteiger partial charge in [-0.05, 0) is 30.9 Å². The molecule has 0 aliphatic heterocycles. The highest BCUT2D eigenvalue weighted by molar-refractivity contribution is 7.89. The predicted molar refractivity (Wildman–Crippen MR) is 75.2 cm³/mol. The molecule has 0 radical (unpaired) electrons. The summed E-state index contributed by atoms with van der Waals surface area (Å²) < 4.78 is 26.8. The minimum absolute atomic E-state index is 0.0340. The van der Waals surface area contributed by atoms with E-state index in [4.69, 9.17) is 0 Å². The molecular weight excluding hydrogens is 282 g/mol. The van der Waals surface area contributed by atoms with Crippen molar-refractivity contribution < 1.29 is 13.3 Å². The van der Waals surface area contributed by atoms with E-state index in [0.29, 0.717) is 12.5 Å². The third-order valence-electron chi connectivity index (χ3n) is 3.53. The summed E-state index contributed by atoms with van der Waals surface area (Å²) in [4.78, 5) is 10.3. The quantitative estimate of drug-likeness (QED) is 0.615. The maximum atomic E-state index is 12.1. The van der Waals surface area contributed by atoms with Crippen LogP contribution in [0.2, 0.25) is 0 Å². The van der Waals surface area contributed by atoms with E-state index in [1.165, 1.54) is 25.2 Å². The van der Waals surface area contributed by atoms with Gasteiger partial charge in [0, 0.05) is 19.7 Å². The summed E-state index contributed by atoms with van der Waals surface area (Å²) in [5.74, 6) is 0.409. The molecule has 1 fully saturated rings. The smallest absolute Gasteiger partial charge is 0.292 e. The average molecular weight is 299 g/mol. The number of hydrogen-bond acceptors (Lipinski definition) is 5. The third-order valence-corrected chi connectivity index (χ3v) is 4.95. The maximum absolute atomic E-state index is 12.1. The van der Waals surface area contributed by atoms with Crippen molar-refractivity contribution in [2.24, 2.45) is 5.92 Å². The number of nitrogens with one attached hydrogen (secondary N) is 2. The lowest BCUT2D eigenvalue weighted by atomic mass is 9.86. The molecule has 1 aromatic carbocycles. The van der Waals surface area contributed by atoms with Crippen molar-refractivity contribution >= 4 is 21.4 Å². The van der Waals surface area contributed by atoms with E-state index in [1.807, 2.05) is 0 Å². The third kappa shape index (κ3) is 3.07. The second-order valence-electron chi connectivity index (χ2n) is 4.83. The zero-order valence-corrected chi connectivity index (χ0v) is 11.9. The first-order chi connectivity index (χ1) is 9.44. The normalized spacial score (nSPS) is 15.7. The lowest BCUT2D eigenvalue weighted by Gasteiger charge is -2.25. The van der Waals surface area contributed by atoms with Crippen molar-refractivity contribution in [1.82, 2.24) is 4.72 Å². The molecule has 20 heavy (non-hydrogen) atoms. The lowest BCUT2D eigenvalue weighted by Crippen LogP contribution is -2.32. The van der Waals surface area contributed by atoms with E-state index in [1.54, 1.807) is 0 Å². The van der Waals surface area contributed by atoms with Gasteiger partial charge in [0.05, 0.1) is 9.82 Å². The van der Waals surface area contributed by atoms with Gasteiger partial charge in [-0.2, -0.15) is 0 Å². The molecule has 0 heterocycles. The van der Waals surface area contributed by atoms with Crippen LogP contribution in [0.25, 0.3) is 0 Å². The fourth-order valence-corrected chi connectivity index (χ4v) is 3.19. The van der Waals surface area contributed by atoms with Gasteiger partial charge in [-0.25, -0.2) is 13.1 Å². The molecule has 1 aliphatic carbocycles. The zero-order chi connectivity index (χ0) is 14.8.